The number of nitrogens with zero attached hydrogens (tertiary/aromatic N) is 5. The van der Waals surface area contributed by atoms with Gasteiger partial charge in [-0.15, -0.1) is 0 Å². The van der Waals surface area contributed by atoms with Crippen molar-refractivity contribution in [3.05, 3.63) is 142 Å². The molecule has 0 spiro atoms. The summed E-state index contributed by atoms with van der Waals surface area (Å²) in [4.78, 5) is 24.8. The van der Waals surface area contributed by atoms with E-state index in [1.807, 2.05) is 48.5 Å². The molecular formula is C52H74N6O3. The number of hydrogen-bond donors (Lipinski definition) is 1. The first-order valence-electron chi connectivity index (χ1n) is 22.4. The fraction of sp³-hybridized carbons (Fsp3) is 0.481. The fourth-order valence-corrected chi connectivity index (χ4v) is 6.93. The summed E-state index contributed by atoms with van der Waals surface area (Å²) in [5.41, 5.74) is 5.89. The second kappa shape index (κ2) is 33.7. The number of methoxy groups -OCH3 is 2. The fourth-order valence-electron chi connectivity index (χ4n) is 6.93. The van der Waals surface area contributed by atoms with Gasteiger partial charge in [-0.3, -0.25) is 9.69 Å². The lowest BCUT2D eigenvalue weighted by Crippen LogP contribution is -2.28. The van der Waals surface area contributed by atoms with Crippen LogP contribution in [0.5, 0.6) is 11.5 Å². The molecule has 0 atom stereocenters. The summed E-state index contributed by atoms with van der Waals surface area (Å²) in [6.07, 6.45) is 10.7. The van der Waals surface area contributed by atoms with Crippen molar-refractivity contribution in [3.63, 3.8) is 0 Å². The molecule has 9 heteroatoms. The van der Waals surface area contributed by atoms with Crippen LogP contribution in [0.3, 0.4) is 0 Å². The molecule has 0 bridgehead atoms. The molecule has 1 N–H and O–H groups in total. The van der Waals surface area contributed by atoms with Gasteiger partial charge in [0.15, 0.2) is 11.4 Å². The zero-order valence-corrected chi connectivity index (χ0v) is 38.2. The van der Waals surface area contributed by atoms with Gasteiger partial charge in [0.2, 0.25) is 0 Å². The Kier molecular flexibility index (Phi) is 28.8. The van der Waals surface area contributed by atoms with Gasteiger partial charge in [-0.2, -0.15) is 0 Å². The predicted molar refractivity (Wildman–Crippen MR) is 255 cm³/mol. The molecule has 4 aromatic carbocycles. The predicted octanol–water partition coefficient (Wildman–Crippen LogP) is 11.9. The van der Waals surface area contributed by atoms with Crippen LogP contribution in [0.4, 0.5) is 11.4 Å². The average molecular weight is 831 g/mol. The lowest BCUT2D eigenvalue weighted by molar-refractivity contribution is 0.112. The van der Waals surface area contributed by atoms with Crippen molar-refractivity contribution in [1.29, 1.82) is 0 Å². The van der Waals surface area contributed by atoms with Gasteiger partial charge < -0.3 is 24.6 Å². The standard InChI is InChI=1S/C26H37N3O.C18H29N3.C8H8O2/c1-5-17-28(18-6-2)19-7-8-20-29(21-23-9-13-25(27-3)14-10-23)22-24-11-15-26(30-4)16-12-24;1-4-13-21(14-5-2)15-7-6-12-20-16-17-8-10-18(19-3)11-9-17;1-10-8-4-2-7(6-9)3-5-8/h9-16H,5-8,17-22H2,1-2,4H3;8-11,20H,4-7,12-16H2,1-2H3;2-6H,1H3. The maximum atomic E-state index is 10.2. The number of rotatable bonds is 27. The molecule has 9 nitrogen and oxygen atoms in total. The summed E-state index contributed by atoms with van der Waals surface area (Å²) in [5, 5.41) is 3.48. The molecule has 0 radical (unpaired) electrons. The van der Waals surface area contributed by atoms with Gasteiger partial charge in [0.1, 0.15) is 17.8 Å². The molecule has 4 aromatic rings. The maximum absolute atomic E-state index is 10.2. The van der Waals surface area contributed by atoms with Gasteiger partial charge in [-0.05, 0) is 157 Å². The van der Waals surface area contributed by atoms with Gasteiger partial charge in [0.25, 0.3) is 0 Å². The Balaban J connectivity index is 0.000000356. The molecule has 0 fully saturated rings. The smallest absolute Gasteiger partial charge is 0.187 e. The minimum atomic E-state index is 0.667. The molecule has 0 aliphatic heterocycles. The highest BCUT2D eigenvalue weighted by molar-refractivity contribution is 5.74. The van der Waals surface area contributed by atoms with Crippen LogP contribution in [0, 0.1) is 13.1 Å². The summed E-state index contributed by atoms with van der Waals surface area (Å²) < 4.78 is 10.2. The molecule has 0 unspecified atom stereocenters. The first-order chi connectivity index (χ1) is 29.8. The van der Waals surface area contributed by atoms with Crippen LogP contribution in [0.1, 0.15) is 106 Å². The Morgan fingerprint density at radius 1 is 0.508 bits per heavy atom. The monoisotopic (exact) mass is 831 g/mol. The summed E-state index contributed by atoms with van der Waals surface area (Å²) in [7, 11) is 3.30. The Labute approximate surface area is 369 Å². The number of carbonyl (C=O) groups is 1. The van der Waals surface area contributed by atoms with E-state index < -0.39 is 0 Å². The van der Waals surface area contributed by atoms with Crippen LogP contribution in [-0.2, 0) is 19.6 Å². The topological polar surface area (TPSA) is 66.0 Å². The van der Waals surface area contributed by atoms with Crippen molar-refractivity contribution >= 4 is 17.7 Å². The number of hydrogen-bond acceptors (Lipinski definition) is 7. The third-order valence-electron chi connectivity index (χ3n) is 10.1. The van der Waals surface area contributed by atoms with Gasteiger partial charge >= 0.3 is 0 Å². The van der Waals surface area contributed by atoms with E-state index in [4.69, 9.17) is 22.6 Å². The molecule has 0 amide bonds. The van der Waals surface area contributed by atoms with Crippen molar-refractivity contribution < 1.29 is 14.3 Å². The third-order valence-corrected chi connectivity index (χ3v) is 10.1. The maximum Gasteiger partial charge on any atom is 0.187 e. The van der Waals surface area contributed by atoms with E-state index in [1.165, 1.54) is 107 Å². The molecular weight excluding hydrogens is 757 g/mol. The Hall–Kier alpha value is -5.03. The number of benzene rings is 4. The summed E-state index contributed by atoms with van der Waals surface area (Å²) in [6.45, 7) is 35.2. The van der Waals surface area contributed by atoms with Crippen molar-refractivity contribution in [3.8, 4) is 11.5 Å². The van der Waals surface area contributed by atoms with Crippen LogP contribution < -0.4 is 14.8 Å². The van der Waals surface area contributed by atoms with E-state index in [0.29, 0.717) is 16.9 Å². The normalized spacial score (nSPS) is 10.6. The molecule has 0 saturated carbocycles. The van der Waals surface area contributed by atoms with E-state index in [1.54, 1.807) is 38.5 Å². The first kappa shape index (κ1) is 52.1. The zero-order valence-electron chi connectivity index (χ0n) is 38.2. The van der Waals surface area contributed by atoms with E-state index in [2.05, 4.69) is 81.7 Å². The van der Waals surface area contributed by atoms with E-state index in [0.717, 1.165) is 50.5 Å². The second-order valence-electron chi connectivity index (χ2n) is 15.3. The van der Waals surface area contributed by atoms with Crippen LogP contribution in [0.2, 0.25) is 0 Å². The molecule has 61 heavy (non-hydrogen) atoms. The molecule has 4 rings (SSSR count). The first-order valence-corrected chi connectivity index (χ1v) is 22.4. The summed E-state index contributed by atoms with van der Waals surface area (Å²) in [6, 6.07) is 31.1. The molecule has 0 aliphatic rings. The number of aldehydes is 1. The largest absolute Gasteiger partial charge is 0.497 e. The quantitative estimate of drug-likeness (QED) is 0.0365. The molecule has 330 valence electrons. The van der Waals surface area contributed by atoms with Gasteiger partial charge in [-0.25, -0.2) is 9.69 Å². The molecule has 0 heterocycles. The summed E-state index contributed by atoms with van der Waals surface area (Å²) in [5.74, 6) is 1.66. The van der Waals surface area contributed by atoms with Crippen LogP contribution >= 0.6 is 0 Å². The lowest BCUT2D eigenvalue weighted by atomic mass is 10.1. The van der Waals surface area contributed by atoms with E-state index in [-0.39, 0.29) is 0 Å². The Morgan fingerprint density at radius 3 is 1.28 bits per heavy atom. The minimum Gasteiger partial charge on any atom is -0.497 e. The Bertz CT molecular complexity index is 1760. The van der Waals surface area contributed by atoms with E-state index in [9.17, 15) is 4.79 Å². The lowest BCUT2D eigenvalue weighted by Gasteiger charge is -2.24. The number of carbonyl (C=O) groups excluding carboxylic acids is 1. The number of ether oxygens (including phenoxy) is 2. The molecule has 0 aliphatic carbocycles. The van der Waals surface area contributed by atoms with Crippen molar-refractivity contribution in [2.45, 2.75) is 98.7 Å². The zero-order chi connectivity index (χ0) is 44.3. The van der Waals surface area contributed by atoms with Crippen molar-refractivity contribution in [2.75, 3.05) is 66.6 Å². The van der Waals surface area contributed by atoms with Crippen LogP contribution in [-0.4, -0.2) is 87.6 Å². The van der Waals surface area contributed by atoms with Crippen LogP contribution in [0.15, 0.2) is 97.1 Å². The van der Waals surface area contributed by atoms with Crippen molar-refractivity contribution in [2.24, 2.45) is 0 Å². The highest BCUT2D eigenvalue weighted by atomic mass is 16.5. The summed E-state index contributed by atoms with van der Waals surface area (Å²) >= 11 is 0. The number of unbranched alkanes of at least 4 members (excludes halogenated alkanes) is 2. The number of nitrogens with one attached hydrogen (secondary N) is 1. The average Bonchev–Trinajstić information content (AvgIpc) is 3.30. The Morgan fingerprint density at radius 2 is 0.885 bits per heavy atom. The SMILES string of the molecule is COc1ccc(C=O)cc1.[C-]#[N+]c1ccc(CN(CCCCN(CCC)CCC)Cc2ccc(OC)cc2)cc1.[C-]#[N+]c1ccc(CNCCCCN(CCC)CCC)cc1. The van der Waals surface area contributed by atoms with Gasteiger partial charge in [0.05, 0.1) is 27.4 Å². The highest BCUT2D eigenvalue weighted by Crippen LogP contribution is 2.18. The van der Waals surface area contributed by atoms with Crippen molar-refractivity contribution in [1.82, 2.24) is 20.0 Å². The van der Waals surface area contributed by atoms with Gasteiger partial charge in [0, 0.05) is 25.2 Å². The molecule has 0 aromatic heterocycles. The minimum absolute atomic E-state index is 0.667. The third kappa shape index (κ3) is 23.5. The van der Waals surface area contributed by atoms with Crippen LogP contribution in [0.25, 0.3) is 9.69 Å². The molecule has 0 saturated heterocycles. The second-order valence-corrected chi connectivity index (χ2v) is 15.3. The van der Waals surface area contributed by atoms with Gasteiger partial charge in [-0.1, -0.05) is 88.4 Å². The van der Waals surface area contributed by atoms with E-state index >= 15 is 0 Å². The highest BCUT2D eigenvalue weighted by Gasteiger charge is 2.10.